The minimum Gasteiger partial charge on any atom is -0.361 e. The molecule has 2 aromatic rings. The number of aromatic nitrogens is 1. The number of anilines is 1. The van der Waals surface area contributed by atoms with Crippen LogP contribution in [0.3, 0.4) is 0 Å². The number of rotatable bonds is 6. The van der Waals surface area contributed by atoms with Gasteiger partial charge in [-0.3, -0.25) is 4.79 Å². The lowest BCUT2D eigenvalue weighted by atomic mass is 9.88. The van der Waals surface area contributed by atoms with E-state index >= 15 is 0 Å². The van der Waals surface area contributed by atoms with Gasteiger partial charge in [0.15, 0.2) is 0 Å². The largest absolute Gasteiger partial charge is 0.361 e. The molecule has 0 bridgehead atoms. The molecule has 2 heterocycles. The Bertz CT molecular complexity index is 737. The summed E-state index contributed by atoms with van der Waals surface area (Å²) >= 11 is 0. The lowest BCUT2D eigenvalue weighted by Crippen LogP contribution is -2.40. The van der Waals surface area contributed by atoms with E-state index in [-0.39, 0.29) is 11.8 Å². The lowest BCUT2D eigenvalue weighted by molar-refractivity contribution is -0.118. The zero-order chi connectivity index (χ0) is 18.7. The third kappa shape index (κ3) is 3.96. The Labute approximate surface area is 157 Å². The number of carbonyl (C=O) groups is 1. The van der Waals surface area contributed by atoms with E-state index in [1.807, 2.05) is 19.9 Å². The number of nitrogens with one attached hydrogen (secondary N) is 2. The van der Waals surface area contributed by atoms with Crippen LogP contribution in [0.15, 0.2) is 24.4 Å². The Morgan fingerprint density at radius 1 is 1.23 bits per heavy atom. The van der Waals surface area contributed by atoms with Gasteiger partial charge >= 0.3 is 0 Å². The van der Waals surface area contributed by atoms with Crippen LogP contribution in [0.25, 0.3) is 10.9 Å². The molecule has 1 amide bonds. The second-order valence-corrected chi connectivity index (χ2v) is 7.93. The van der Waals surface area contributed by atoms with E-state index in [9.17, 15) is 4.79 Å². The molecule has 1 aliphatic rings. The summed E-state index contributed by atoms with van der Waals surface area (Å²) in [6.07, 6.45) is 7.09. The number of aromatic amines is 1. The van der Waals surface area contributed by atoms with Gasteiger partial charge in [0.1, 0.15) is 0 Å². The second-order valence-electron chi connectivity index (χ2n) is 7.93. The number of H-pyrrole nitrogens is 1. The van der Waals surface area contributed by atoms with Crippen molar-refractivity contribution in [3.8, 4) is 0 Å². The summed E-state index contributed by atoms with van der Waals surface area (Å²) in [5.41, 5.74) is 3.46. The molecule has 1 aliphatic heterocycles. The smallest absolute Gasteiger partial charge is 0.226 e. The molecule has 1 saturated heterocycles. The fourth-order valence-electron chi connectivity index (χ4n) is 4.23. The van der Waals surface area contributed by atoms with Gasteiger partial charge in [-0.05, 0) is 68.5 Å². The third-order valence-corrected chi connectivity index (χ3v) is 5.93. The van der Waals surface area contributed by atoms with Crippen LogP contribution < -0.4 is 5.32 Å². The monoisotopic (exact) mass is 355 g/mol. The number of likely N-dealkylation sites (tertiary alicyclic amines) is 1. The number of benzene rings is 1. The predicted molar refractivity (Wildman–Crippen MR) is 110 cm³/mol. The van der Waals surface area contributed by atoms with Crippen molar-refractivity contribution in [2.24, 2.45) is 5.92 Å². The predicted octanol–water partition coefficient (Wildman–Crippen LogP) is 5.13. The van der Waals surface area contributed by atoms with Crippen molar-refractivity contribution in [2.75, 3.05) is 18.4 Å². The number of nitrogens with zero attached hydrogens (tertiary/aromatic N) is 1. The molecule has 4 nitrogen and oxygen atoms in total. The van der Waals surface area contributed by atoms with Crippen LogP contribution in [0, 0.1) is 5.92 Å². The van der Waals surface area contributed by atoms with E-state index < -0.39 is 0 Å². The Kier molecular flexibility index (Phi) is 6.02. The van der Waals surface area contributed by atoms with Crippen molar-refractivity contribution in [1.29, 1.82) is 0 Å². The van der Waals surface area contributed by atoms with E-state index in [0.717, 1.165) is 17.2 Å². The van der Waals surface area contributed by atoms with Gasteiger partial charge in [0.2, 0.25) is 5.91 Å². The molecule has 1 aromatic heterocycles. The number of amides is 1. The molecule has 1 fully saturated rings. The highest BCUT2D eigenvalue weighted by molar-refractivity contribution is 5.95. The second kappa shape index (κ2) is 8.26. The van der Waals surface area contributed by atoms with E-state index in [1.54, 1.807) is 0 Å². The van der Waals surface area contributed by atoms with Crippen LogP contribution in [-0.2, 0) is 4.79 Å². The zero-order valence-electron chi connectivity index (χ0n) is 16.6. The van der Waals surface area contributed by atoms with Crippen LogP contribution in [0.2, 0.25) is 0 Å². The fourth-order valence-corrected chi connectivity index (χ4v) is 4.23. The van der Waals surface area contributed by atoms with Crippen molar-refractivity contribution >= 4 is 22.5 Å². The summed E-state index contributed by atoms with van der Waals surface area (Å²) in [7, 11) is 0. The van der Waals surface area contributed by atoms with Crippen LogP contribution in [-0.4, -0.2) is 34.9 Å². The zero-order valence-corrected chi connectivity index (χ0v) is 16.6. The van der Waals surface area contributed by atoms with E-state index in [2.05, 4.69) is 47.4 Å². The summed E-state index contributed by atoms with van der Waals surface area (Å²) in [5.74, 6) is 0.663. The molecule has 0 spiro atoms. The van der Waals surface area contributed by atoms with Gasteiger partial charge in [-0.2, -0.15) is 0 Å². The summed E-state index contributed by atoms with van der Waals surface area (Å²) in [5, 5.41) is 4.29. The Morgan fingerprint density at radius 2 is 1.92 bits per heavy atom. The Morgan fingerprint density at radius 3 is 2.54 bits per heavy atom. The first-order valence-electron chi connectivity index (χ1n) is 10.2. The lowest BCUT2D eigenvalue weighted by Gasteiger charge is -2.37. The van der Waals surface area contributed by atoms with E-state index in [1.165, 1.54) is 49.7 Å². The molecule has 2 N–H and O–H groups in total. The average molecular weight is 356 g/mol. The molecular weight excluding hydrogens is 322 g/mol. The molecule has 0 unspecified atom stereocenters. The molecule has 0 atom stereocenters. The average Bonchev–Trinajstić information content (AvgIpc) is 3.06. The maximum Gasteiger partial charge on any atom is 0.226 e. The first kappa shape index (κ1) is 19.0. The summed E-state index contributed by atoms with van der Waals surface area (Å²) in [6, 6.07) is 6.93. The first-order valence-corrected chi connectivity index (χ1v) is 10.2. The molecule has 3 rings (SSSR count). The molecule has 0 radical (unpaired) electrons. The van der Waals surface area contributed by atoms with Gasteiger partial charge in [-0.15, -0.1) is 0 Å². The van der Waals surface area contributed by atoms with Crippen molar-refractivity contribution in [2.45, 2.75) is 65.3 Å². The molecule has 4 heteroatoms. The molecule has 1 aromatic carbocycles. The number of piperidine rings is 1. The molecule has 0 aliphatic carbocycles. The third-order valence-electron chi connectivity index (χ3n) is 5.93. The highest BCUT2D eigenvalue weighted by Crippen LogP contribution is 2.35. The number of fused-ring (bicyclic) bond motifs is 1. The number of hydrogen-bond acceptors (Lipinski definition) is 2. The molecular formula is C22H33N3O. The summed E-state index contributed by atoms with van der Waals surface area (Å²) < 4.78 is 0. The van der Waals surface area contributed by atoms with Crippen molar-refractivity contribution in [3.05, 3.63) is 30.0 Å². The van der Waals surface area contributed by atoms with Gasteiger partial charge in [-0.1, -0.05) is 27.7 Å². The molecule has 0 saturated carbocycles. The van der Waals surface area contributed by atoms with Gasteiger partial charge in [0.25, 0.3) is 0 Å². The highest BCUT2D eigenvalue weighted by Gasteiger charge is 2.25. The van der Waals surface area contributed by atoms with Gasteiger partial charge < -0.3 is 15.2 Å². The number of hydrogen-bond donors (Lipinski definition) is 2. The summed E-state index contributed by atoms with van der Waals surface area (Å²) in [6.45, 7) is 10.8. The maximum atomic E-state index is 12.0. The normalized spacial score (nSPS) is 16.7. The fraction of sp³-hybridized carbons (Fsp3) is 0.591. The van der Waals surface area contributed by atoms with Crippen molar-refractivity contribution in [3.63, 3.8) is 0 Å². The van der Waals surface area contributed by atoms with Crippen molar-refractivity contribution in [1.82, 2.24) is 9.88 Å². The minimum atomic E-state index is -0.00852. The van der Waals surface area contributed by atoms with E-state index in [0.29, 0.717) is 5.92 Å². The minimum absolute atomic E-state index is 0.00852. The maximum absolute atomic E-state index is 12.0. The standard InChI is InChI=1S/C22H33N3O/c1-5-18(6-2)25-11-9-16(10-12-25)20-14-23-21-8-7-17(13-19(20)21)24-22(26)15(3)4/h7-8,13-16,18,23H,5-6,9-12H2,1-4H3,(H,24,26). The van der Waals surface area contributed by atoms with Crippen LogP contribution in [0.1, 0.15) is 64.9 Å². The van der Waals surface area contributed by atoms with Crippen LogP contribution in [0.5, 0.6) is 0 Å². The van der Waals surface area contributed by atoms with Crippen molar-refractivity contribution < 1.29 is 4.79 Å². The van der Waals surface area contributed by atoms with Gasteiger partial charge in [-0.25, -0.2) is 0 Å². The quantitative estimate of drug-likeness (QED) is 0.754. The number of carbonyl (C=O) groups excluding carboxylic acids is 1. The van der Waals surface area contributed by atoms with Gasteiger partial charge in [0.05, 0.1) is 0 Å². The van der Waals surface area contributed by atoms with E-state index in [4.69, 9.17) is 0 Å². The first-order chi connectivity index (χ1) is 12.5. The molecule has 142 valence electrons. The highest BCUT2D eigenvalue weighted by atomic mass is 16.1. The topological polar surface area (TPSA) is 48.1 Å². The van der Waals surface area contributed by atoms with Gasteiger partial charge in [0, 0.05) is 34.7 Å². The Hall–Kier alpha value is -1.81. The molecule has 26 heavy (non-hydrogen) atoms. The van der Waals surface area contributed by atoms with Crippen LogP contribution in [0.4, 0.5) is 5.69 Å². The SMILES string of the molecule is CCC(CC)N1CCC(c2c[nH]c3ccc(NC(=O)C(C)C)cc23)CC1. The summed E-state index contributed by atoms with van der Waals surface area (Å²) in [4.78, 5) is 18.1. The Balaban J connectivity index is 1.75. The van der Waals surface area contributed by atoms with Crippen LogP contribution >= 0.6 is 0 Å².